The molecular weight excluding hydrogens is 652 g/mol. The van der Waals surface area contributed by atoms with E-state index < -0.39 is 86.0 Å². The van der Waals surface area contributed by atoms with E-state index in [0.29, 0.717) is 0 Å². The lowest BCUT2D eigenvalue weighted by Crippen LogP contribution is -2.45. The van der Waals surface area contributed by atoms with Gasteiger partial charge in [0.1, 0.15) is 42.4 Å². The molecule has 0 radical (unpaired) electrons. The van der Waals surface area contributed by atoms with Gasteiger partial charge >= 0.3 is 18.1 Å². The molecule has 9 atom stereocenters. The number of alkyl halides is 1. The van der Waals surface area contributed by atoms with Crippen molar-refractivity contribution in [1.29, 1.82) is 0 Å². The molecule has 0 bridgehead atoms. The first kappa shape index (κ1) is 30.0. The molecule has 45 heavy (non-hydrogen) atoms. The first-order chi connectivity index (χ1) is 21.3. The van der Waals surface area contributed by atoms with E-state index in [9.17, 15) is 27.8 Å². The van der Waals surface area contributed by atoms with Crippen LogP contribution >= 0.6 is 7.82 Å². The summed E-state index contributed by atoms with van der Waals surface area (Å²) in [4.78, 5) is 44.8. The van der Waals surface area contributed by atoms with Crippen LogP contribution in [0.5, 0.6) is 0 Å². The summed E-state index contributed by atoms with van der Waals surface area (Å²) in [7, 11) is -9.87. The molecule has 3 saturated heterocycles. The lowest BCUT2D eigenvalue weighted by Gasteiger charge is -2.26. The third-order valence-corrected chi connectivity index (χ3v) is 9.30. The number of nitrogens with one attached hydrogen (secondary N) is 2. The number of hydrogen-bond donors (Lipinski definition) is 6. The number of nitrogens with two attached hydrogens (primary N) is 2. The Hall–Kier alpha value is -3.71. The average molecular weight is 676 g/mol. The van der Waals surface area contributed by atoms with Gasteiger partial charge in [-0.25, -0.2) is 33.1 Å². The number of phosphoric acid groups is 1. The second-order valence-electron chi connectivity index (χ2n) is 10.1. The van der Waals surface area contributed by atoms with Crippen molar-refractivity contribution in [1.82, 2.24) is 43.8 Å². The van der Waals surface area contributed by atoms with Crippen molar-refractivity contribution in [3.05, 3.63) is 29.3 Å². The summed E-state index contributed by atoms with van der Waals surface area (Å²) < 4.78 is 86.1. The van der Waals surface area contributed by atoms with Crippen molar-refractivity contribution in [3.8, 4) is 0 Å². The van der Waals surface area contributed by atoms with E-state index in [1.807, 2.05) is 0 Å². The van der Waals surface area contributed by atoms with Gasteiger partial charge in [0, 0.05) is 6.54 Å². The molecule has 7 rings (SSSR count). The van der Waals surface area contributed by atoms with Crippen LogP contribution in [0.4, 0.5) is 16.2 Å². The maximum absolute atomic E-state index is 15.9. The van der Waals surface area contributed by atoms with Crippen molar-refractivity contribution < 1.29 is 50.1 Å². The highest BCUT2D eigenvalue weighted by Crippen LogP contribution is 2.50. The van der Waals surface area contributed by atoms with E-state index in [-0.39, 0.29) is 34.1 Å². The molecule has 4 aromatic rings. The van der Waals surface area contributed by atoms with Crippen LogP contribution in [-0.4, -0.2) is 107 Å². The molecule has 22 nitrogen and oxygen atoms in total. The van der Waals surface area contributed by atoms with E-state index in [1.165, 1.54) is 0 Å². The molecule has 25 heteroatoms. The lowest BCUT2D eigenvalue weighted by atomic mass is 10.1. The fraction of sp³-hybridized carbons (Fsp3) is 0.500. The monoisotopic (exact) mass is 675 g/mol. The number of aliphatic hydroxyl groups is 1. The van der Waals surface area contributed by atoms with Crippen LogP contribution in [0.25, 0.3) is 22.3 Å². The Morgan fingerprint density at radius 3 is 2.51 bits per heavy atom. The maximum Gasteiger partial charge on any atom is 0.472 e. The average Bonchev–Trinajstić information content (AvgIpc) is 3.72. The van der Waals surface area contributed by atoms with Gasteiger partial charge < -0.3 is 30.9 Å². The maximum atomic E-state index is 15.9. The van der Waals surface area contributed by atoms with E-state index in [2.05, 4.69) is 34.6 Å². The minimum Gasteiger partial charge on any atom is -0.386 e. The lowest BCUT2D eigenvalue weighted by molar-refractivity contribution is -0.0543. The third-order valence-electron chi connectivity index (χ3n) is 7.32. The number of aromatic nitrogens is 8. The van der Waals surface area contributed by atoms with Gasteiger partial charge in [-0.2, -0.15) is 18.1 Å². The van der Waals surface area contributed by atoms with Gasteiger partial charge in [0.2, 0.25) is 5.95 Å². The van der Waals surface area contributed by atoms with E-state index in [0.717, 1.165) is 28.1 Å². The highest BCUT2D eigenvalue weighted by Gasteiger charge is 2.53. The summed E-state index contributed by atoms with van der Waals surface area (Å²) in [6.45, 7) is -1.60. The van der Waals surface area contributed by atoms with Crippen molar-refractivity contribution in [2.24, 2.45) is 0 Å². The normalized spacial score (nSPS) is 35.5. The zero-order valence-electron chi connectivity index (χ0n) is 22.4. The largest absolute Gasteiger partial charge is 0.472 e. The van der Waals surface area contributed by atoms with Crippen molar-refractivity contribution in [2.75, 3.05) is 24.6 Å². The Balaban J connectivity index is 1.17. The van der Waals surface area contributed by atoms with E-state index in [1.54, 1.807) is 0 Å². The predicted molar refractivity (Wildman–Crippen MR) is 143 cm³/mol. The molecule has 8 N–H and O–H groups in total. The molecule has 1 unspecified atom stereocenters. The SMILES string of the molecule is Nc1nc2c(ncn2[C@@H]2O[C@@H]3COP(=O)(O)O[C@H]4[C@@H](F)[C@H](n5cnc6c(N)ncnc65)O[C@@H]4CNS(=O)(=O)O[C@H]3[C@H]2O)c(=O)[nH]1. The van der Waals surface area contributed by atoms with Crippen LogP contribution in [-0.2, 0) is 37.6 Å². The number of rotatable bonds is 2. The predicted octanol–water partition coefficient (Wildman–Crippen LogP) is -2.65. The van der Waals surface area contributed by atoms with Crippen LogP contribution in [0.3, 0.4) is 0 Å². The molecule has 3 aliphatic rings. The Kier molecular flexibility index (Phi) is 7.12. The molecule has 4 aromatic heterocycles. The highest BCUT2D eigenvalue weighted by molar-refractivity contribution is 7.84. The van der Waals surface area contributed by atoms with Gasteiger partial charge in [0.25, 0.3) is 5.56 Å². The summed E-state index contributed by atoms with van der Waals surface area (Å²) in [5.41, 5.74) is 10.6. The number of nitrogens with zero attached hydrogens (tertiary/aromatic N) is 7. The van der Waals surface area contributed by atoms with Gasteiger partial charge in [-0.15, -0.1) is 0 Å². The van der Waals surface area contributed by atoms with Gasteiger partial charge in [0.15, 0.2) is 41.3 Å². The number of hydrogen-bond acceptors (Lipinski definition) is 17. The molecule has 0 spiro atoms. The zero-order valence-corrected chi connectivity index (χ0v) is 24.1. The molecule has 3 fully saturated rings. The molecule has 7 heterocycles. The number of phosphoric ester groups is 1. The number of halogens is 1. The van der Waals surface area contributed by atoms with Crippen LogP contribution in [0, 0.1) is 0 Å². The highest BCUT2D eigenvalue weighted by atomic mass is 32.2. The molecular formula is C20H23FN11O11PS. The Morgan fingerprint density at radius 1 is 1.02 bits per heavy atom. The van der Waals surface area contributed by atoms with Crippen LogP contribution in [0.1, 0.15) is 12.5 Å². The molecule has 0 saturated carbocycles. The van der Waals surface area contributed by atoms with Gasteiger partial charge in [0.05, 0.1) is 19.3 Å². The quantitative estimate of drug-likeness (QED) is 0.118. The summed E-state index contributed by atoms with van der Waals surface area (Å²) in [5, 5.41) is 11.1. The minimum absolute atomic E-state index is 0.000497. The van der Waals surface area contributed by atoms with Gasteiger partial charge in [-0.1, -0.05) is 0 Å². The van der Waals surface area contributed by atoms with E-state index >= 15 is 4.39 Å². The van der Waals surface area contributed by atoms with Gasteiger partial charge in [-0.05, 0) is 0 Å². The first-order valence-electron chi connectivity index (χ1n) is 12.9. The molecule has 0 aromatic carbocycles. The second-order valence-corrected chi connectivity index (χ2v) is 12.9. The summed E-state index contributed by atoms with van der Waals surface area (Å²) in [6, 6.07) is 0. The van der Waals surface area contributed by atoms with Crippen LogP contribution in [0.15, 0.2) is 23.8 Å². The number of aliphatic hydroxyl groups excluding tert-OH is 1. The van der Waals surface area contributed by atoms with E-state index in [4.69, 9.17) is 34.2 Å². The number of nitrogen functional groups attached to an aromatic ring is 2. The van der Waals surface area contributed by atoms with Crippen molar-refractivity contribution in [2.45, 2.75) is 49.1 Å². The Bertz CT molecular complexity index is 2010. The summed E-state index contributed by atoms with van der Waals surface area (Å²) >= 11 is 0. The molecule has 242 valence electrons. The topological polar surface area (TPSA) is 309 Å². The zero-order chi connectivity index (χ0) is 31.8. The number of ether oxygens (including phenoxy) is 2. The third kappa shape index (κ3) is 5.23. The number of anilines is 2. The van der Waals surface area contributed by atoms with Crippen LogP contribution < -0.4 is 21.7 Å². The first-order valence-corrected chi connectivity index (χ1v) is 15.8. The summed E-state index contributed by atoms with van der Waals surface area (Å²) in [6.07, 6.45) is -10.3. The Labute approximate surface area is 249 Å². The number of fused-ring (bicyclic) bond motifs is 4. The van der Waals surface area contributed by atoms with Crippen molar-refractivity contribution >= 4 is 52.2 Å². The van der Waals surface area contributed by atoms with Crippen molar-refractivity contribution in [3.63, 3.8) is 0 Å². The molecule has 0 aliphatic carbocycles. The number of H-pyrrole nitrogens is 1. The molecule has 3 aliphatic heterocycles. The van der Waals surface area contributed by atoms with Crippen LogP contribution in [0.2, 0.25) is 0 Å². The standard InChI is InChI=1S/C20H23FN11O11PS/c21-8-12-6(40-18(8)31-4-26-9-14(22)24-3-25-15(9)31)1-28-45(37,38)43-13-7(2-39-44(35,36)42-12)41-19(11(13)33)32-5-27-10-16(32)29-20(23)30-17(10)34/h3-8,11-13,18-19,28,33H,1-2H2,(H,35,36)(H2,22,24,25)(H3,23,29,30,34)/t6-,7-,8-,11-,12-,13-,18-,19-/m1/s1. The minimum atomic E-state index is -5.12. The van der Waals surface area contributed by atoms with Gasteiger partial charge in [-0.3, -0.25) is 28.0 Å². The Morgan fingerprint density at radius 2 is 1.73 bits per heavy atom. The fourth-order valence-electron chi connectivity index (χ4n) is 5.31. The smallest absolute Gasteiger partial charge is 0.386 e. The second kappa shape index (κ2) is 10.7. The number of imidazole rings is 2. The summed E-state index contributed by atoms with van der Waals surface area (Å²) in [5.74, 6) is -0.279. The number of aromatic amines is 1. The fourth-order valence-corrected chi connectivity index (χ4v) is 7.24. The molecule has 0 amide bonds.